The van der Waals surface area contributed by atoms with Gasteiger partial charge in [0.05, 0.1) is 16.8 Å². The summed E-state index contributed by atoms with van der Waals surface area (Å²) >= 11 is 1.74. The Labute approximate surface area is 170 Å². The van der Waals surface area contributed by atoms with E-state index in [1.165, 1.54) is 13.0 Å². The minimum Gasteiger partial charge on any atom is -0.369 e. The quantitative estimate of drug-likeness (QED) is 0.469. The van der Waals surface area contributed by atoms with Gasteiger partial charge >= 0.3 is 6.18 Å². The van der Waals surface area contributed by atoms with E-state index < -0.39 is 17.6 Å². The molecule has 0 saturated carbocycles. The van der Waals surface area contributed by atoms with Crippen molar-refractivity contribution in [1.29, 1.82) is 0 Å². The van der Waals surface area contributed by atoms with Gasteiger partial charge in [-0.15, -0.1) is 0 Å². The zero-order valence-electron chi connectivity index (χ0n) is 16.0. The molecule has 2 heterocycles. The van der Waals surface area contributed by atoms with Crippen LogP contribution in [0.1, 0.15) is 11.1 Å². The smallest absolute Gasteiger partial charge is 0.369 e. The van der Waals surface area contributed by atoms with Gasteiger partial charge < -0.3 is 4.90 Å². The van der Waals surface area contributed by atoms with Gasteiger partial charge in [-0.1, -0.05) is 11.9 Å². The predicted molar refractivity (Wildman–Crippen MR) is 109 cm³/mol. The van der Waals surface area contributed by atoms with Gasteiger partial charge in [-0.2, -0.15) is 18.3 Å². The van der Waals surface area contributed by atoms with Crippen LogP contribution in [0.25, 0.3) is 22.2 Å². The van der Waals surface area contributed by atoms with Crippen molar-refractivity contribution in [2.24, 2.45) is 0 Å². The van der Waals surface area contributed by atoms with Crippen LogP contribution in [0, 0.1) is 12.7 Å². The van der Waals surface area contributed by atoms with Gasteiger partial charge in [-0.25, -0.2) is 8.70 Å². The van der Waals surface area contributed by atoms with Gasteiger partial charge in [-0.05, 0) is 49.1 Å². The Morgan fingerprint density at radius 2 is 1.79 bits per heavy atom. The minimum atomic E-state index is -4.76. The number of nitrogens with one attached hydrogen (secondary N) is 1. The highest BCUT2D eigenvalue weighted by Crippen LogP contribution is 2.37. The third-order valence-corrected chi connectivity index (χ3v) is 6.12. The SMILES string of the molecule is CSN1CCN(c2ccc3c(-c4cc(C)c(F)c(C(F)(F)F)c4)n[nH]c3c2)CC1. The maximum Gasteiger partial charge on any atom is 0.419 e. The highest BCUT2D eigenvalue weighted by atomic mass is 32.2. The van der Waals surface area contributed by atoms with Crippen LogP contribution in [0.4, 0.5) is 23.2 Å². The second kappa shape index (κ2) is 7.53. The number of halogens is 4. The van der Waals surface area contributed by atoms with Crippen molar-refractivity contribution in [1.82, 2.24) is 14.5 Å². The largest absolute Gasteiger partial charge is 0.419 e. The summed E-state index contributed by atoms with van der Waals surface area (Å²) in [5.74, 6) is -1.24. The number of aromatic amines is 1. The van der Waals surface area contributed by atoms with Crippen molar-refractivity contribution < 1.29 is 17.6 Å². The molecule has 29 heavy (non-hydrogen) atoms. The van der Waals surface area contributed by atoms with Crippen molar-refractivity contribution in [3.8, 4) is 11.3 Å². The van der Waals surface area contributed by atoms with Gasteiger partial charge in [-0.3, -0.25) is 5.10 Å². The lowest BCUT2D eigenvalue weighted by atomic mass is 10.0. The van der Waals surface area contributed by atoms with Crippen molar-refractivity contribution in [2.45, 2.75) is 13.1 Å². The fraction of sp³-hybridized carbons (Fsp3) is 0.350. The van der Waals surface area contributed by atoms with E-state index >= 15 is 0 Å². The molecule has 2 aromatic carbocycles. The number of fused-ring (bicyclic) bond motifs is 1. The Balaban J connectivity index is 1.69. The lowest BCUT2D eigenvalue weighted by Crippen LogP contribution is -2.43. The zero-order valence-corrected chi connectivity index (χ0v) is 16.8. The first-order valence-electron chi connectivity index (χ1n) is 9.18. The van der Waals surface area contributed by atoms with Gasteiger partial charge in [0.25, 0.3) is 0 Å². The van der Waals surface area contributed by atoms with Crippen LogP contribution in [-0.2, 0) is 6.18 Å². The average molecular weight is 424 g/mol. The van der Waals surface area contributed by atoms with E-state index in [0.29, 0.717) is 11.1 Å². The van der Waals surface area contributed by atoms with Crippen molar-refractivity contribution >= 4 is 28.5 Å². The third-order valence-electron chi connectivity index (χ3n) is 5.24. The monoisotopic (exact) mass is 424 g/mol. The molecule has 0 unspecified atom stereocenters. The van der Waals surface area contributed by atoms with Crippen molar-refractivity contribution in [3.05, 3.63) is 47.3 Å². The van der Waals surface area contributed by atoms with Crippen molar-refractivity contribution in [3.63, 3.8) is 0 Å². The first-order valence-corrected chi connectivity index (χ1v) is 10.4. The van der Waals surface area contributed by atoms with Gasteiger partial charge in [0.15, 0.2) is 0 Å². The molecule has 0 spiro atoms. The summed E-state index contributed by atoms with van der Waals surface area (Å²) in [6, 6.07) is 8.00. The molecule has 0 atom stereocenters. The molecule has 0 radical (unpaired) electrons. The Morgan fingerprint density at radius 1 is 1.07 bits per heavy atom. The van der Waals surface area contributed by atoms with Crippen LogP contribution in [0.15, 0.2) is 30.3 Å². The Bertz CT molecular complexity index is 1040. The number of H-pyrrole nitrogens is 1. The maximum absolute atomic E-state index is 14.0. The van der Waals surface area contributed by atoms with Crippen LogP contribution in [-0.4, -0.2) is 46.9 Å². The summed E-state index contributed by atoms with van der Waals surface area (Å²) in [4.78, 5) is 2.27. The van der Waals surface area contributed by atoms with Crippen LogP contribution in [0.2, 0.25) is 0 Å². The van der Waals surface area contributed by atoms with Gasteiger partial charge in [0.2, 0.25) is 0 Å². The number of nitrogens with zero attached hydrogens (tertiary/aromatic N) is 3. The number of alkyl halides is 3. The van der Waals surface area contributed by atoms with Crippen LogP contribution in [0.3, 0.4) is 0 Å². The average Bonchev–Trinajstić information content (AvgIpc) is 3.12. The molecule has 1 aliphatic heterocycles. The molecule has 1 aliphatic rings. The first kappa shape index (κ1) is 20.0. The maximum atomic E-state index is 14.0. The molecule has 9 heteroatoms. The van der Waals surface area contributed by atoms with Crippen LogP contribution < -0.4 is 4.90 Å². The highest BCUT2D eigenvalue weighted by Gasteiger charge is 2.35. The molecule has 0 amide bonds. The highest BCUT2D eigenvalue weighted by molar-refractivity contribution is 7.96. The lowest BCUT2D eigenvalue weighted by molar-refractivity contribution is -0.140. The lowest BCUT2D eigenvalue weighted by Gasteiger charge is -2.34. The molecule has 0 aliphatic carbocycles. The minimum absolute atomic E-state index is 0.0609. The van der Waals surface area contributed by atoms with Gasteiger partial charge in [0, 0.05) is 42.8 Å². The van der Waals surface area contributed by atoms with E-state index in [0.717, 1.165) is 43.4 Å². The summed E-state index contributed by atoms with van der Waals surface area (Å²) in [6.45, 7) is 5.05. The number of benzene rings is 2. The van der Waals surface area contributed by atoms with E-state index in [4.69, 9.17) is 0 Å². The van der Waals surface area contributed by atoms with E-state index in [1.807, 2.05) is 18.2 Å². The Morgan fingerprint density at radius 3 is 2.45 bits per heavy atom. The second-order valence-corrected chi connectivity index (χ2v) is 7.93. The Hall–Kier alpha value is -2.26. The summed E-state index contributed by atoms with van der Waals surface area (Å²) in [5, 5.41) is 7.84. The fourth-order valence-electron chi connectivity index (χ4n) is 3.67. The fourth-order valence-corrected chi connectivity index (χ4v) is 4.19. The van der Waals surface area contributed by atoms with Crippen LogP contribution >= 0.6 is 11.9 Å². The molecule has 1 fully saturated rings. The summed E-state index contributed by atoms with van der Waals surface area (Å²) < 4.78 is 55.9. The molecule has 1 aromatic heterocycles. The summed E-state index contributed by atoms with van der Waals surface area (Å²) in [6.07, 6.45) is -2.70. The molecule has 4 nitrogen and oxygen atoms in total. The van der Waals surface area contributed by atoms with Crippen molar-refractivity contribution in [2.75, 3.05) is 37.3 Å². The molecular weight excluding hydrogens is 404 g/mol. The number of hydrogen-bond donors (Lipinski definition) is 1. The Kier molecular flexibility index (Phi) is 5.20. The number of anilines is 1. The van der Waals surface area contributed by atoms with E-state index in [-0.39, 0.29) is 11.1 Å². The number of rotatable bonds is 3. The second-order valence-electron chi connectivity index (χ2n) is 7.05. The predicted octanol–water partition coefficient (Wildman–Crippen LogP) is 5.10. The zero-order chi connectivity index (χ0) is 20.8. The molecule has 4 rings (SSSR count). The summed E-state index contributed by atoms with van der Waals surface area (Å²) in [5.41, 5.74) is 1.07. The normalized spacial score (nSPS) is 16.0. The van der Waals surface area contributed by atoms with Crippen LogP contribution in [0.5, 0.6) is 0 Å². The molecule has 3 aromatic rings. The standard InChI is InChI=1S/C20H20F4N4S/c1-12-9-13(10-16(18(12)21)20(22,23)24)19-15-4-3-14(11-17(15)25-26-19)27-5-7-28(29-2)8-6-27/h3-4,9-11H,5-8H2,1-2H3,(H,25,26). The molecule has 1 N–H and O–H groups in total. The first-order chi connectivity index (χ1) is 13.8. The van der Waals surface area contributed by atoms with Gasteiger partial charge in [0.1, 0.15) is 5.82 Å². The van der Waals surface area contributed by atoms with E-state index in [1.54, 1.807) is 11.9 Å². The topological polar surface area (TPSA) is 35.2 Å². The molecule has 0 bridgehead atoms. The number of piperazine rings is 1. The number of aromatic nitrogens is 2. The van der Waals surface area contributed by atoms with E-state index in [9.17, 15) is 17.6 Å². The number of aryl methyl sites for hydroxylation is 1. The molecule has 154 valence electrons. The summed E-state index contributed by atoms with van der Waals surface area (Å²) in [7, 11) is 0. The molecular formula is C20H20F4N4S. The number of hydrogen-bond acceptors (Lipinski definition) is 4. The van der Waals surface area contributed by atoms with E-state index in [2.05, 4.69) is 25.7 Å². The third kappa shape index (κ3) is 3.81. The molecule has 1 saturated heterocycles.